The smallest absolute Gasteiger partial charge is 0.220 e. The Morgan fingerprint density at radius 1 is 0.443 bits per heavy atom. The number of aliphatic hydroxyl groups excluding tert-OH is 8. The lowest BCUT2D eigenvalue weighted by atomic mass is 9.97. The van der Waals surface area contributed by atoms with E-state index in [1.807, 2.05) is 6.08 Å². The van der Waals surface area contributed by atoms with Gasteiger partial charge >= 0.3 is 0 Å². The molecule has 0 aromatic heterocycles. The van der Waals surface area contributed by atoms with Crippen LogP contribution in [-0.4, -0.2) is 140 Å². The Morgan fingerprint density at radius 3 is 1.24 bits per heavy atom. The molecule has 12 unspecified atom stereocenters. The van der Waals surface area contributed by atoms with E-state index in [0.29, 0.717) is 12.8 Å². The third-order valence-corrected chi connectivity index (χ3v) is 16.1. The van der Waals surface area contributed by atoms with Gasteiger partial charge in [0, 0.05) is 6.42 Å². The van der Waals surface area contributed by atoms with Crippen LogP contribution in [-0.2, 0) is 23.7 Å². The molecule has 9 N–H and O–H groups in total. The van der Waals surface area contributed by atoms with E-state index in [1.165, 1.54) is 199 Å². The summed E-state index contributed by atoms with van der Waals surface area (Å²) in [5.74, 6) is -0.248. The average molecular weight is 1120 g/mol. The molecular formula is C65H121NO13. The molecule has 0 aliphatic carbocycles. The topological polar surface area (TPSA) is 228 Å². The Bertz CT molecular complexity index is 1460. The molecule has 12 atom stereocenters. The number of hydrogen-bond acceptors (Lipinski definition) is 13. The van der Waals surface area contributed by atoms with Crippen molar-refractivity contribution in [2.75, 3.05) is 19.8 Å². The second-order valence-corrected chi connectivity index (χ2v) is 23.2. The summed E-state index contributed by atoms with van der Waals surface area (Å²) in [4.78, 5) is 13.3. The summed E-state index contributed by atoms with van der Waals surface area (Å²) in [5.41, 5.74) is 0. The number of aliphatic hydroxyl groups is 8. The maximum absolute atomic E-state index is 13.3. The molecule has 0 aromatic carbocycles. The van der Waals surface area contributed by atoms with Gasteiger partial charge in [-0.05, 0) is 44.9 Å². The normalized spacial score (nSPS) is 24.6. The quantitative estimate of drug-likeness (QED) is 0.0204. The SMILES string of the molecule is CCCCCCCCCCCC/C=C/CC/C=C/CC/C=C/C(O)C(COC1OC(CO)C(OC2OC(CO)C(O)C(O)C2O)C(O)C1O)NC(=O)CCCCCCCCCCCCCCCCCCCCCCCCCCC. The van der Waals surface area contributed by atoms with Crippen LogP contribution in [0.4, 0.5) is 0 Å². The fraction of sp³-hybridized carbons (Fsp3) is 0.892. The van der Waals surface area contributed by atoms with Crippen LogP contribution in [0.25, 0.3) is 0 Å². The van der Waals surface area contributed by atoms with Crippen molar-refractivity contribution in [2.24, 2.45) is 0 Å². The lowest BCUT2D eigenvalue weighted by Crippen LogP contribution is -2.65. The van der Waals surface area contributed by atoms with Crippen molar-refractivity contribution in [1.82, 2.24) is 5.32 Å². The first-order valence-electron chi connectivity index (χ1n) is 32.7. The Hall–Kier alpha value is -1.79. The Labute approximate surface area is 481 Å². The van der Waals surface area contributed by atoms with Gasteiger partial charge in [-0.25, -0.2) is 0 Å². The Morgan fingerprint density at radius 2 is 0.810 bits per heavy atom. The largest absolute Gasteiger partial charge is 0.394 e. The van der Waals surface area contributed by atoms with E-state index < -0.39 is 86.8 Å². The number of carbonyl (C=O) groups excluding carboxylic acids is 1. The first-order chi connectivity index (χ1) is 38.6. The van der Waals surface area contributed by atoms with Gasteiger partial charge < -0.3 is 65.1 Å². The summed E-state index contributed by atoms with van der Waals surface area (Å²) < 4.78 is 22.8. The lowest BCUT2D eigenvalue weighted by molar-refractivity contribution is -0.359. The predicted octanol–water partition coefficient (Wildman–Crippen LogP) is 12.2. The highest BCUT2D eigenvalue weighted by Gasteiger charge is 2.51. The molecule has 2 saturated heterocycles. The van der Waals surface area contributed by atoms with Crippen LogP contribution < -0.4 is 5.32 Å². The van der Waals surface area contributed by atoms with Gasteiger partial charge in [0.1, 0.15) is 48.8 Å². The highest BCUT2D eigenvalue weighted by molar-refractivity contribution is 5.76. The summed E-state index contributed by atoms with van der Waals surface area (Å²) in [5, 5.41) is 87.2. The zero-order chi connectivity index (χ0) is 57.4. The first kappa shape index (κ1) is 73.3. The molecule has 14 nitrogen and oxygen atoms in total. The summed E-state index contributed by atoms with van der Waals surface area (Å²) in [6.45, 7) is 2.81. The number of unbranched alkanes of at least 4 members (excludes halogenated alkanes) is 36. The summed E-state index contributed by atoms with van der Waals surface area (Å²) in [7, 11) is 0. The van der Waals surface area contributed by atoms with Gasteiger partial charge in [0.25, 0.3) is 0 Å². The molecule has 14 heteroatoms. The molecule has 464 valence electrons. The van der Waals surface area contributed by atoms with Crippen molar-refractivity contribution in [3.63, 3.8) is 0 Å². The highest BCUT2D eigenvalue weighted by Crippen LogP contribution is 2.30. The van der Waals surface area contributed by atoms with Crippen molar-refractivity contribution in [1.29, 1.82) is 0 Å². The van der Waals surface area contributed by atoms with Crippen molar-refractivity contribution in [2.45, 2.75) is 351 Å². The molecule has 2 rings (SSSR count). The molecule has 1 amide bonds. The predicted molar refractivity (Wildman–Crippen MR) is 318 cm³/mol. The van der Waals surface area contributed by atoms with Crippen molar-refractivity contribution >= 4 is 5.91 Å². The van der Waals surface area contributed by atoms with E-state index in [-0.39, 0.29) is 18.9 Å². The minimum Gasteiger partial charge on any atom is -0.394 e. The number of amides is 1. The minimum atomic E-state index is -1.79. The fourth-order valence-electron chi connectivity index (χ4n) is 10.8. The van der Waals surface area contributed by atoms with Crippen LogP contribution in [0.5, 0.6) is 0 Å². The molecule has 2 aliphatic heterocycles. The molecule has 0 spiro atoms. The summed E-state index contributed by atoms with van der Waals surface area (Å²) in [6, 6.07) is -0.936. The van der Waals surface area contributed by atoms with E-state index in [9.17, 15) is 45.6 Å². The second kappa shape index (κ2) is 50.7. The van der Waals surface area contributed by atoms with E-state index in [0.717, 1.165) is 44.9 Å². The number of hydrogen-bond donors (Lipinski definition) is 9. The number of carbonyl (C=O) groups is 1. The van der Waals surface area contributed by atoms with Crippen molar-refractivity contribution in [3.8, 4) is 0 Å². The number of rotatable bonds is 53. The zero-order valence-corrected chi connectivity index (χ0v) is 50.1. The van der Waals surface area contributed by atoms with Crippen LogP contribution in [0, 0.1) is 0 Å². The van der Waals surface area contributed by atoms with Crippen molar-refractivity contribution < 1.29 is 64.6 Å². The van der Waals surface area contributed by atoms with Gasteiger partial charge in [-0.2, -0.15) is 0 Å². The van der Waals surface area contributed by atoms with Gasteiger partial charge in [-0.1, -0.05) is 262 Å². The monoisotopic (exact) mass is 1120 g/mol. The third-order valence-electron chi connectivity index (χ3n) is 16.1. The number of ether oxygens (including phenoxy) is 4. The maximum Gasteiger partial charge on any atom is 0.220 e. The molecule has 2 fully saturated rings. The number of nitrogens with one attached hydrogen (secondary N) is 1. The summed E-state index contributed by atoms with van der Waals surface area (Å²) in [6.07, 6.45) is 46.2. The van der Waals surface area contributed by atoms with E-state index >= 15 is 0 Å². The van der Waals surface area contributed by atoms with Crippen LogP contribution in [0.3, 0.4) is 0 Å². The highest BCUT2D eigenvalue weighted by atomic mass is 16.7. The fourth-order valence-corrected chi connectivity index (χ4v) is 10.8. The maximum atomic E-state index is 13.3. The van der Waals surface area contributed by atoms with Crippen LogP contribution in [0.1, 0.15) is 277 Å². The van der Waals surface area contributed by atoms with E-state index in [2.05, 4.69) is 43.5 Å². The van der Waals surface area contributed by atoms with Crippen LogP contribution in [0.15, 0.2) is 36.5 Å². The Kier molecular flexibility index (Phi) is 47.0. The van der Waals surface area contributed by atoms with Gasteiger partial charge in [0.15, 0.2) is 12.6 Å². The standard InChI is InChI=1S/C65H121NO13/c1-3-5-7-9-11-13-15-17-19-21-23-25-26-27-28-29-31-33-35-37-39-41-43-45-47-49-57(70)66-53(54(69)48-46-44-42-40-38-36-34-32-30-24-22-20-18-16-14-12-10-8-6-4-2)52-76-64-62(75)60(73)63(56(51-68)78-64)79-65-61(74)59(72)58(71)55(50-67)77-65/h30,32,38,40,46,48,53-56,58-65,67-69,71-75H,3-29,31,33-37,39,41-45,47,49-52H2,1-2H3,(H,66,70)/b32-30+,40-38+,48-46+. The molecule has 79 heavy (non-hydrogen) atoms. The first-order valence-corrected chi connectivity index (χ1v) is 32.7. The van der Waals surface area contributed by atoms with Crippen molar-refractivity contribution in [3.05, 3.63) is 36.5 Å². The molecule has 0 bridgehead atoms. The van der Waals surface area contributed by atoms with Gasteiger partial charge in [0.05, 0.1) is 32.0 Å². The molecule has 0 radical (unpaired) electrons. The minimum absolute atomic E-state index is 0.248. The van der Waals surface area contributed by atoms with E-state index in [4.69, 9.17) is 18.9 Å². The Balaban J connectivity index is 1.73. The third kappa shape index (κ3) is 35.8. The van der Waals surface area contributed by atoms with Gasteiger partial charge in [-0.15, -0.1) is 0 Å². The summed E-state index contributed by atoms with van der Waals surface area (Å²) >= 11 is 0. The number of allylic oxidation sites excluding steroid dienone is 5. The molecule has 0 saturated carbocycles. The lowest BCUT2D eigenvalue weighted by Gasteiger charge is -2.46. The zero-order valence-electron chi connectivity index (χ0n) is 50.1. The molecular weight excluding hydrogens is 1000 g/mol. The van der Waals surface area contributed by atoms with Crippen LogP contribution >= 0.6 is 0 Å². The van der Waals surface area contributed by atoms with Gasteiger partial charge in [0.2, 0.25) is 5.91 Å². The van der Waals surface area contributed by atoms with Crippen LogP contribution in [0.2, 0.25) is 0 Å². The molecule has 2 aliphatic rings. The molecule has 0 aromatic rings. The van der Waals surface area contributed by atoms with E-state index in [1.54, 1.807) is 6.08 Å². The van der Waals surface area contributed by atoms with Gasteiger partial charge in [-0.3, -0.25) is 4.79 Å². The molecule has 2 heterocycles. The second-order valence-electron chi connectivity index (χ2n) is 23.2. The average Bonchev–Trinajstić information content (AvgIpc) is 3.47.